The average Bonchev–Trinajstić information content (AvgIpc) is 2.45. The molecule has 0 bridgehead atoms. The monoisotopic (exact) mass is 297 g/mol. The molecule has 1 aromatic rings. The number of nitrogens with one attached hydrogen (secondary N) is 2. The summed E-state index contributed by atoms with van der Waals surface area (Å²) in [6.45, 7) is 1.33. The quantitative estimate of drug-likeness (QED) is 0.796. The first-order valence-electron chi connectivity index (χ1n) is 6.51. The second kappa shape index (κ2) is 8.21. The minimum Gasteiger partial charge on any atom is -0.493 e. The number of carbonyl (C=O) groups excluding carboxylic acids is 1. The van der Waals surface area contributed by atoms with Crippen LogP contribution in [0.3, 0.4) is 0 Å². The summed E-state index contributed by atoms with van der Waals surface area (Å²) < 4.78 is 15.7. The fourth-order valence-electron chi connectivity index (χ4n) is 1.72. The molecule has 0 fully saturated rings. The van der Waals surface area contributed by atoms with E-state index in [2.05, 4.69) is 10.6 Å². The summed E-state index contributed by atoms with van der Waals surface area (Å²) in [5.74, 6) is 1.46. The minimum atomic E-state index is -0.286. The fourth-order valence-corrected chi connectivity index (χ4v) is 1.72. The molecule has 1 rings (SSSR count). The molecule has 7 heteroatoms. The van der Waals surface area contributed by atoms with E-state index in [-0.39, 0.29) is 6.03 Å². The van der Waals surface area contributed by atoms with Gasteiger partial charge in [-0.15, -0.1) is 0 Å². The number of rotatable bonds is 7. The van der Waals surface area contributed by atoms with Gasteiger partial charge in [-0.05, 0) is 14.1 Å². The number of anilines is 1. The van der Waals surface area contributed by atoms with E-state index in [0.29, 0.717) is 29.5 Å². The van der Waals surface area contributed by atoms with Gasteiger partial charge in [0.05, 0.1) is 27.0 Å². The molecule has 7 nitrogen and oxygen atoms in total. The van der Waals surface area contributed by atoms with Crippen molar-refractivity contribution in [3.63, 3.8) is 0 Å². The third kappa shape index (κ3) is 5.03. The topological polar surface area (TPSA) is 72.1 Å². The van der Waals surface area contributed by atoms with Gasteiger partial charge in [0, 0.05) is 25.2 Å². The predicted octanol–water partition coefficient (Wildman–Crippen LogP) is 1.40. The van der Waals surface area contributed by atoms with Crippen molar-refractivity contribution in [3.8, 4) is 17.2 Å². The molecule has 0 aliphatic carbocycles. The van der Waals surface area contributed by atoms with Crippen LogP contribution in [0.5, 0.6) is 17.2 Å². The Labute approximate surface area is 125 Å². The number of ether oxygens (including phenoxy) is 3. The number of hydrogen-bond acceptors (Lipinski definition) is 5. The number of carbonyl (C=O) groups is 1. The van der Waals surface area contributed by atoms with Gasteiger partial charge in [0.15, 0.2) is 11.5 Å². The second-order valence-corrected chi connectivity index (χ2v) is 4.60. The molecule has 1 aromatic carbocycles. The molecule has 0 radical (unpaired) electrons. The summed E-state index contributed by atoms with van der Waals surface area (Å²) >= 11 is 0. The lowest BCUT2D eigenvalue weighted by Gasteiger charge is -2.15. The molecule has 0 aliphatic heterocycles. The van der Waals surface area contributed by atoms with Gasteiger partial charge in [0.25, 0.3) is 0 Å². The van der Waals surface area contributed by atoms with Gasteiger partial charge in [-0.1, -0.05) is 0 Å². The zero-order valence-corrected chi connectivity index (χ0v) is 13.1. The zero-order valence-electron chi connectivity index (χ0n) is 13.1. The molecule has 0 unspecified atom stereocenters. The molecule has 0 aliphatic rings. The Balaban J connectivity index is 2.77. The molecule has 0 spiro atoms. The smallest absolute Gasteiger partial charge is 0.319 e. The molecular formula is C14H23N3O4. The summed E-state index contributed by atoms with van der Waals surface area (Å²) in [6.07, 6.45) is 0. The first kappa shape index (κ1) is 16.9. The van der Waals surface area contributed by atoms with E-state index in [1.54, 1.807) is 12.1 Å². The Hall–Kier alpha value is -2.15. The Morgan fingerprint density at radius 1 is 1.10 bits per heavy atom. The third-order valence-corrected chi connectivity index (χ3v) is 2.77. The average molecular weight is 297 g/mol. The van der Waals surface area contributed by atoms with Crippen LogP contribution >= 0.6 is 0 Å². The van der Waals surface area contributed by atoms with Crippen LogP contribution in [0.4, 0.5) is 10.5 Å². The molecule has 0 aromatic heterocycles. The maximum absolute atomic E-state index is 11.8. The van der Waals surface area contributed by atoms with Crippen LogP contribution < -0.4 is 24.8 Å². The first-order chi connectivity index (χ1) is 10.0. The normalized spacial score (nSPS) is 10.2. The molecule has 21 heavy (non-hydrogen) atoms. The Morgan fingerprint density at radius 3 is 2.10 bits per heavy atom. The summed E-state index contributed by atoms with van der Waals surface area (Å²) in [4.78, 5) is 13.8. The highest BCUT2D eigenvalue weighted by Crippen LogP contribution is 2.39. The molecule has 2 amide bonds. The maximum Gasteiger partial charge on any atom is 0.319 e. The van der Waals surface area contributed by atoms with E-state index in [1.165, 1.54) is 21.3 Å². The number of likely N-dealkylation sites (N-methyl/N-ethyl adjacent to an activating group) is 1. The number of hydrogen-bond donors (Lipinski definition) is 2. The van der Waals surface area contributed by atoms with Gasteiger partial charge in [0.2, 0.25) is 5.75 Å². The second-order valence-electron chi connectivity index (χ2n) is 4.60. The van der Waals surface area contributed by atoms with E-state index < -0.39 is 0 Å². The van der Waals surface area contributed by atoms with Crippen LogP contribution in [-0.2, 0) is 0 Å². The highest BCUT2D eigenvalue weighted by Gasteiger charge is 2.14. The van der Waals surface area contributed by atoms with Crippen molar-refractivity contribution in [3.05, 3.63) is 12.1 Å². The minimum absolute atomic E-state index is 0.286. The largest absolute Gasteiger partial charge is 0.493 e. The summed E-state index contributed by atoms with van der Waals surface area (Å²) in [5.41, 5.74) is 0.562. The summed E-state index contributed by atoms with van der Waals surface area (Å²) in [7, 11) is 8.47. The molecule has 0 saturated heterocycles. The highest BCUT2D eigenvalue weighted by atomic mass is 16.5. The van der Waals surface area contributed by atoms with Crippen molar-refractivity contribution >= 4 is 11.7 Å². The van der Waals surface area contributed by atoms with Gasteiger partial charge in [-0.2, -0.15) is 0 Å². The lowest BCUT2D eigenvalue weighted by Crippen LogP contribution is -2.34. The maximum atomic E-state index is 11.8. The Bertz CT molecular complexity index is 452. The van der Waals surface area contributed by atoms with Crippen molar-refractivity contribution < 1.29 is 19.0 Å². The van der Waals surface area contributed by atoms with E-state index in [4.69, 9.17) is 14.2 Å². The lowest BCUT2D eigenvalue weighted by atomic mass is 10.2. The zero-order chi connectivity index (χ0) is 15.8. The van der Waals surface area contributed by atoms with Crippen LogP contribution in [-0.4, -0.2) is 59.4 Å². The predicted molar refractivity (Wildman–Crippen MR) is 81.7 cm³/mol. The van der Waals surface area contributed by atoms with Crippen LogP contribution in [0.1, 0.15) is 0 Å². The number of methoxy groups -OCH3 is 3. The lowest BCUT2D eigenvalue weighted by molar-refractivity contribution is 0.250. The number of benzene rings is 1. The van der Waals surface area contributed by atoms with Crippen LogP contribution in [0.2, 0.25) is 0 Å². The molecule has 2 N–H and O–H groups in total. The van der Waals surface area contributed by atoms with Gasteiger partial charge in [-0.25, -0.2) is 4.79 Å². The molecule has 118 valence electrons. The van der Waals surface area contributed by atoms with Crippen LogP contribution in [0.25, 0.3) is 0 Å². The van der Waals surface area contributed by atoms with E-state index >= 15 is 0 Å². The van der Waals surface area contributed by atoms with Gasteiger partial charge in [-0.3, -0.25) is 0 Å². The first-order valence-corrected chi connectivity index (χ1v) is 6.51. The van der Waals surface area contributed by atoms with Gasteiger partial charge in [0.1, 0.15) is 0 Å². The van der Waals surface area contributed by atoms with Crippen molar-refractivity contribution in [1.82, 2.24) is 10.2 Å². The molecular weight excluding hydrogens is 274 g/mol. The highest BCUT2D eigenvalue weighted by molar-refractivity contribution is 5.90. The summed E-state index contributed by atoms with van der Waals surface area (Å²) in [5, 5.41) is 5.49. The summed E-state index contributed by atoms with van der Waals surface area (Å²) in [6, 6.07) is 3.06. The van der Waals surface area contributed by atoms with Gasteiger partial charge < -0.3 is 29.7 Å². The van der Waals surface area contributed by atoms with Crippen LogP contribution in [0.15, 0.2) is 12.1 Å². The van der Waals surface area contributed by atoms with Crippen molar-refractivity contribution in [2.24, 2.45) is 0 Å². The van der Waals surface area contributed by atoms with Crippen molar-refractivity contribution in [2.45, 2.75) is 0 Å². The van der Waals surface area contributed by atoms with Gasteiger partial charge >= 0.3 is 6.03 Å². The fraction of sp³-hybridized carbons (Fsp3) is 0.500. The Morgan fingerprint density at radius 2 is 1.67 bits per heavy atom. The number of urea groups is 1. The standard InChI is InChI=1S/C14H23N3O4/c1-17(2)7-6-15-14(18)16-10-8-11(19-3)13(21-5)12(9-10)20-4/h8-9H,6-7H2,1-5H3,(H2,15,16,18). The SMILES string of the molecule is COc1cc(NC(=O)NCCN(C)C)cc(OC)c1OC. The molecule has 0 heterocycles. The van der Waals surface area contributed by atoms with E-state index in [0.717, 1.165) is 6.54 Å². The molecule has 0 saturated carbocycles. The van der Waals surface area contributed by atoms with E-state index in [1.807, 2.05) is 19.0 Å². The van der Waals surface area contributed by atoms with Crippen molar-refractivity contribution in [2.75, 3.05) is 53.8 Å². The number of amides is 2. The Kier molecular flexibility index (Phi) is 6.61. The van der Waals surface area contributed by atoms with E-state index in [9.17, 15) is 4.79 Å². The molecule has 0 atom stereocenters. The third-order valence-electron chi connectivity index (χ3n) is 2.77. The number of nitrogens with zero attached hydrogens (tertiary/aromatic N) is 1. The van der Waals surface area contributed by atoms with Crippen LogP contribution in [0, 0.1) is 0 Å². The van der Waals surface area contributed by atoms with Crippen molar-refractivity contribution in [1.29, 1.82) is 0 Å².